The lowest BCUT2D eigenvalue weighted by molar-refractivity contribution is -0.140. The number of rotatable bonds is 7. The van der Waals surface area contributed by atoms with Crippen molar-refractivity contribution in [2.45, 2.75) is 32.4 Å². The molecule has 0 fully saturated rings. The number of ether oxygens (including phenoxy) is 1. The van der Waals surface area contributed by atoms with Gasteiger partial charge in [-0.25, -0.2) is 9.59 Å². The van der Waals surface area contributed by atoms with Crippen molar-refractivity contribution in [2.75, 3.05) is 20.3 Å². The van der Waals surface area contributed by atoms with Gasteiger partial charge in [0.25, 0.3) is 0 Å². The molecular formula is C11H19N3O4. The van der Waals surface area contributed by atoms with Crippen LogP contribution in [0.4, 0.5) is 4.79 Å². The molecule has 102 valence electrons. The van der Waals surface area contributed by atoms with Crippen molar-refractivity contribution in [3.05, 3.63) is 0 Å². The smallest absolute Gasteiger partial charge is 0.328 e. The van der Waals surface area contributed by atoms with Crippen molar-refractivity contribution in [3.63, 3.8) is 0 Å². The van der Waals surface area contributed by atoms with Gasteiger partial charge in [-0.3, -0.25) is 0 Å². The molecule has 0 rings (SSSR count). The molecule has 0 saturated carbocycles. The fourth-order valence-electron chi connectivity index (χ4n) is 1.34. The third-order valence-corrected chi connectivity index (χ3v) is 2.28. The summed E-state index contributed by atoms with van der Waals surface area (Å²) < 4.78 is 4.72. The zero-order valence-electron chi connectivity index (χ0n) is 10.8. The number of carbonyl (C=O) groups is 2. The molecule has 0 aliphatic rings. The van der Waals surface area contributed by atoms with Crippen LogP contribution in [0.3, 0.4) is 0 Å². The number of aliphatic carboxylic acids is 1. The number of hydrogen-bond acceptors (Lipinski definition) is 4. The van der Waals surface area contributed by atoms with Gasteiger partial charge in [0.15, 0.2) is 6.04 Å². The number of carbonyl (C=O) groups excluding carboxylic acids is 1. The molecule has 7 nitrogen and oxygen atoms in total. The van der Waals surface area contributed by atoms with Crippen LogP contribution >= 0.6 is 0 Å². The number of nitrogens with zero attached hydrogens (tertiary/aromatic N) is 2. The zero-order valence-corrected chi connectivity index (χ0v) is 10.8. The molecule has 0 heterocycles. The lowest BCUT2D eigenvalue weighted by Gasteiger charge is -2.27. The topological polar surface area (TPSA) is 103 Å². The van der Waals surface area contributed by atoms with Crippen LogP contribution in [-0.2, 0) is 9.53 Å². The molecule has 0 saturated heterocycles. The molecule has 0 aromatic rings. The van der Waals surface area contributed by atoms with Crippen molar-refractivity contribution < 1.29 is 19.4 Å². The number of carboxylic acid groups (broad SMARTS) is 1. The third-order valence-electron chi connectivity index (χ3n) is 2.28. The largest absolute Gasteiger partial charge is 0.480 e. The number of nitriles is 1. The Balaban J connectivity index is 4.57. The van der Waals surface area contributed by atoms with E-state index in [0.717, 1.165) is 0 Å². The van der Waals surface area contributed by atoms with Gasteiger partial charge in [0.05, 0.1) is 19.1 Å². The fourth-order valence-corrected chi connectivity index (χ4v) is 1.34. The number of nitrogens with one attached hydrogen (secondary N) is 1. The maximum Gasteiger partial charge on any atom is 0.328 e. The van der Waals surface area contributed by atoms with E-state index in [9.17, 15) is 9.59 Å². The summed E-state index contributed by atoms with van der Waals surface area (Å²) in [5.41, 5.74) is 0. The highest BCUT2D eigenvalue weighted by Gasteiger charge is 2.24. The zero-order chi connectivity index (χ0) is 14.1. The van der Waals surface area contributed by atoms with Gasteiger partial charge in [0.2, 0.25) is 0 Å². The summed E-state index contributed by atoms with van der Waals surface area (Å²) in [6.07, 6.45) is 0.202. The van der Waals surface area contributed by atoms with Gasteiger partial charge in [-0.1, -0.05) is 0 Å². The van der Waals surface area contributed by atoms with Crippen molar-refractivity contribution in [1.82, 2.24) is 10.2 Å². The van der Waals surface area contributed by atoms with E-state index in [1.165, 1.54) is 12.0 Å². The standard InChI is InChI=1S/C11H19N3O4/c1-8(2)14(6-4-5-12)11(17)13-9(7-18-3)10(15)16/h8-9H,4,6-7H2,1-3H3,(H,13,17)(H,15,16). The average Bonchev–Trinajstić information content (AvgIpc) is 2.28. The minimum absolute atomic E-state index is 0.106. The molecule has 1 atom stereocenters. The van der Waals surface area contributed by atoms with Crippen molar-refractivity contribution >= 4 is 12.0 Å². The highest BCUT2D eigenvalue weighted by Crippen LogP contribution is 2.01. The van der Waals surface area contributed by atoms with Crippen LogP contribution in [0.1, 0.15) is 20.3 Å². The van der Waals surface area contributed by atoms with E-state index in [0.29, 0.717) is 0 Å². The first-order valence-electron chi connectivity index (χ1n) is 5.59. The Bertz CT molecular complexity index is 325. The van der Waals surface area contributed by atoms with E-state index in [4.69, 9.17) is 15.1 Å². The van der Waals surface area contributed by atoms with Gasteiger partial charge in [-0.2, -0.15) is 5.26 Å². The second kappa shape index (κ2) is 8.31. The molecule has 0 aliphatic carbocycles. The summed E-state index contributed by atoms with van der Waals surface area (Å²) in [6.45, 7) is 3.75. The predicted octanol–water partition coefficient (Wildman–Crippen LogP) is 0.420. The molecule has 18 heavy (non-hydrogen) atoms. The maximum absolute atomic E-state index is 11.9. The highest BCUT2D eigenvalue weighted by molar-refractivity contribution is 5.82. The highest BCUT2D eigenvalue weighted by atomic mass is 16.5. The third kappa shape index (κ3) is 5.50. The molecule has 0 aromatic carbocycles. The SMILES string of the molecule is COCC(NC(=O)N(CCC#N)C(C)C)C(=O)O. The Morgan fingerprint density at radius 2 is 2.11 bits per heavy atom. The molecule has 1 unspecified atom stereocenters. The molecule has 2 N–H and O–H groups in total. The monoisotopic (exact) mass is 257 g/mol. The van der Waals surface area contributed by atoms with E-state index in [1.54, 1.807) is 13.8 Å². The molecule has 0 radical (unpaired) electrons. The maximum atomic E-state index is 11.9. The Morgan fingerprint density at radius 3 is 2.50 bits per heavy atom. The number of carboxylic acids is 1. The number of amides is 2. The van der Waals surface area contributed by atoms with E-state index < -0.39 is 18.0 Å². The van der Waals surface area contributed by atoms with Crippen LogP contribution in [0.25, 0.3) is 0 Å². The predicted molar refractivity (Wildman–Crippen MR) is 63.9 cm³/mol. The van der Waals surface area contributed by atoms with Gasteiger partial charge in [0, 0.05) is 19.7 Å². The quantitative estimate of drug-likeness (QED) is 0.688. The first-order valence-corrected chi connectivity index (χ1v) is 5.59. The summed E-state index contributed by atoms with van der Waals surface area (Å²) in [5.74, 6) is -1.16. The first-order chi connectivity index (χ1) is 8.43. The molecule has 7 heteroatoms. The second-order valence-electron chi connectivity index (χ2n) is 3.99. The minimum atomic E-state index is -1.16. The van der Waals surface area contributed by atoms with Gasteiger partial charge in [-0.05, 0) is 13.8 Å². The Hall–Kier alpha value is -1.81. The van der Waals surface area contributed by atoms with Gasteiger partial charge in [0.1, 0.15) is 0 Å². The number of hydrogen-bond donors (Lipinski definition) is 2. The van der Waals surface area contributed by atoms with E-state index >= 15 is 0 Å². The normalized spacial score (nSPS) is 11.7. The summed E-state index contributed by atoms with van der Waals surface area (Å²) in [7, 11) is 1.36. The Kier molecular flexibility index (Phi) is 7.47. The van der Waals surface area contributed by atoms with Crippen molar-refractivity contribution in [2.24, 2.45) is 0 Å². The van der Waals surface area contributed by atoms with E-state index in [2.05, 4.69) is 5.32 Å². The van der Waals surface area contributed by atoms with Crippen LogP contribution < -0.4 is 5.32 Å². The van der Waals surface area contributed by atoms with Crippen molar-refractivity contribution in [1.29, 1.82) is 5.26 Å². The second-order valence-corrected chi connectivity index (χ2v) is 3.99. The number of methoxy groups -OCH3 is 1. The van der Waals surface area contributed by atoms with Crippen LogP contribution in [0, 0.1) is 11.3 Å². The van der Waals surface area contributed by atoms with Crippen LogP contribution in [0.2, 0.25) is 0 Å². The van der Waals surface area contributed by atoms with Gasteiger partial charge < -0.3 is 20.1 Å². The molecular weight excluding hydrogens is 238 g/mol. The minimum Gasteiger partial charge on any atom is -0.480 e. The molecule has 0 aromatic heterocycles. The molecule has 0 spiro atoms. The lowest BCUT2D eigenvalue weighted by Crippen LogP contribution is -2.51. The van der Waals surface area contributed by atoms with Crippen LogP contribution in [0.15, 0.2) is 0 Å². The van der Waals surface area contributed by atoms with E-state index in [1.807, 2.05) is 6.07 Å². The van der Waals surface area contributed by atoms with E-state index in [-0.39, 0.29) is 25.6 Å². The molecule has 0 aliphatic heterocycles. The lowest BCUT2D eigenvalue weighted by atomic mass is 10.3. The summed E-state index contributed by atoms with van der Waals surface area (Å²) in [4.78, 5) is 24.1. The average molecular weight is 257 g/mol. The van der Waals surface area contributed by atoms with Crippen LogP contribution in [-0.4, -0.2) is 54.4 Å². The molecule has 0 bridgehead atoms. The Labute approximate surface area is 106 Å². The number of urea groups is 1. The van der Waals surface area contributed by atoms with Crippen LogP contribution in [0.5, 0.6) is 0 Å². The van der Waals surface area contributed by atoms with Crippen molar-refractivity contribution in [3.8, 4) is 6.07 Å². The summed E-state index contributed by atoms with van der Waals surface area (Å²) in [5, 5.41) is 19.8. The summed E-state index contributed by atoms with van der Waals surface area (Å²) in [6, 6.07) is 0.230. The fraction of sp³-hybridized carbons (Fsp3) is 0.727. The van der Waals surface area contributed by atoms with Gasteiger partial charge >= 0.3 is 12.0 Å². The van der Waals surface area contributed by atoms with Gasteiger partial charge in [-0.15, -0.1) is 0 Å². The molecule has 2 amide bonds. The Morgan fingerprint density at radius 1 is 1.50 bits per heavy atom. The first kappa shape index (κ1) is 16.2. The summed E-state index contributed by atoms with van der Waals surface area (Å²) >= 11 is 0.